The largest absolute Gasteiger partial charge is 0.465 e. The maximum Gasteiger partial charge on any atom is 0.329 e. The van der Waals surface area contributed by atoms with Gasteiger partial charge in [0.25, 0.3) is 0 Å². The summed E-state index contributed by atoms with van der Waals surface area (Å²) in [6, 6.07) is -0.425. The van der Waals surface area contributed by atoms with Crippen molar-refractivity contribution in [1.82, 2.24) is 9.88 Å². The minimum Gasteiger partial charge on any atom is -0.465 e. The van der Waals surface area contributed by atoms with Gasteiger partial charge in [0.2, 0.25) is 0 Å². The van der Waals surface area contributed by atoms with Gasteiger partial charge in [0, 0.05) is 18.0 Å². The fourth-order valence-corrected chi connectivity index (χ4v) is 3.70. The second kappa shape index (κ2) is 6.78. The van der Waals surface area contributed by atoms with Crippen molar-refractivity contribution in [2.45, 2.75) is 19.9 Å². The van der Waals surface area contributed by atoms with Gasteiger partial charge in [0.15, 0.2) is 9.96 Å². The normalized spacial score (nSPS) is 18.3. The maximum absolute atomic E-state index is 12.2. The van der Waals surface area contributed by atoms with E-state index in [9.17, 15) is 4.79 Å². The molecule has 1 aromatic heterocycles. The van der Waals surface area contributed by atoms with Crippen molar-refractivity contribution >= 4 is 33.2 Å². The molecule has 2 rings (SSSR count). The molecule has 1 saturated heterocycles. The number of carbonyl (C=O) groups is 1. The van der Waals surface area contributed by atoms with Gasteiger partial charge >= 0.3 is 5.97 Å². The van der Waals surface area contributed by atoms with Crippen molar-refractivity contribution < 1.29 is 14.3 Å². The van der Waals surface area contributed by atoms with Crippen LogP contribution < -0.4 is 0 Å². The van der Waals surface area contributed by atoms with E-state index in [1.807, 2.05) is 13.8 Å². The Labute approximate surface area is 125 Å². The Bertz CT molecular complexity index is 446. The van der Waals surface area contributed by atoms with Crippen LogP contribution in [-0.4, -0.2) is 48.8 Å². The van der Waals surface area contributed by atoms with Gasteiger partial charge in [-0.25, -0.2) is 9.78 Å². The van der Waals surface area contributed by atoms with Crippen LogP contribution in [-0.2, 0) is 14.3 Å². The molecule has 0 bridgehead atoms. The van der Waals surface area contributed by atoms with Gasteiger partial charge < -0.3 is 9.47 Å². The Kier molecular flexibility index (Phi) is 5.32. The minimum atomic E-state index is -0.425. The molecule has 0 spiro atoms. The van der Waals surface area contributed by atoms with E-state index in [-0.39, 0.29) is 5.97 Å². The predicted octanol–water partition coefficient (Wildman–Crippen LogP) is 2.15. The number of aryl methyl sites for hydroxylation is 1. The van der Waals surface area contributed by atoms with Crippen LogP contribution >= 0.6 is 27.3 Å². The lowest BCUT2D eigenvalue weighted by molar-refractivity contribution is -0.151. The van der Waals surface area contributed by atoms with E-state index in [1.54, 1.807) is 0 Å². The highest BCUT2D eigenvalue weighted by Crippen LogP contribution is 2.31. The summed E-state index contributed by atoms with van der Waals surface area (Å²) in [4.78, 5) is 19.8. The van der Waals surface area contributed by atoms with E-state index in [4.69, 9.17) is 9.47 Å². The van der Waals surface area contributed by atoms with Crippen molar-refractivity contribution in [3.63, 3.8) is 0 Å². The third kappa shape index (κ3) is 3.53. The predicted molar refractivity (Wildman–Crippen MR) is 76.3 cm³/mol. The van der Waals surface area contributed by atoms with Gasteiger partial charge in [-0.2, -0.15) is 0 Å². The highest BCUT2D eigenvalue weighted by Gasteiger charge is 2.33. The number of hydrogen-bond acceptors (Lipinski definition) is 6. The SMILES string of the molecule is CCOC(=O)C(c1nc(Br)sc1C)N1CCOCC1. The highest BCUT2D eigenvalue weighted by molar-refractivity contribution is 9.11. The first kappa shape index (κ1) is 14.9. The van der Waals surface area contributed by atoms with E-state index < -0.39 is 6.04 Å². The number of ether oxygens (including phenoxy) is 2. The summed E-state index contributed by atoms with van der Waals surface area (Å²) in [5, 5.41) is 0. The molecular weight excluding hydrogens is 332 g/mol. The van der Waals surface area contributed by atoms with E-state index in [2.05, 4.69) is 25.8 Å². The summed E-state index contributed by atoms with van der Waals surface area (Å²) >= 11 is 4.91. The number of nitrogens with zero attached hydrogens (tertiary/aromatic N) is 2. The van der Waals surface area contributed by atoms with Crippen molar-refractivity contribution in [1.29, 1.82) is 0 Å². The summed E-state index contributed by atoms with van der Waals surface area (Å²) in [6.45, 7) is 6.89. The lowest BCUT2D eigenvalue weighted by Crippen LogP contribution is -2.43. The number of thiazole rings is 1. The fraction of sp³-hybridized carbons (Fsp3) is 0.667. The van der Waals surface area contributed by atoms with E-state index >= 15 is 0 Å². The number of carbonyl (C=O) groups excluding carboxylic acids is 1. The van der Waals surface area contributed by atoms with Gasteiger partial charge in [0.1, 0.15) is 0 Å². The molecule has 0 amide bonds. The van der Waals surface area contributed by atoms with Crippen molar-refractivity contribution in [2.75, 3.05) is 32.9 Å². The van der Waals surface area contributed by atoms with Crippen LogP contribution in [0.1, 0.15) is 23.5 Å². The first-order chi connectivity index (χ1) is 9.13. The molecular formula is C12H17BrN2O3S. The zero-order valence-corrected chi connectivity index (χ0v) is 13.4. The van der Waals surface area contributed by atoms with E-state index in [0.717, 1.165) is 27.6 Å². The molecule has 1 aliphatic rings. The monoisotopic (exact) mass is 348 g/mol. The molecule has 5 nitrogen and oxygen atoms in total. The topological polar surface area (TPSA) is 51.7 Å². The highest BCUT2D eigenvalue weighted by atomic mass is 79.9. The Balaban J connectivity index is 2.27. The summed E-state index contributed by atoms with van der Waals surface area (Å²) in [5.41, 5.74) is 0.789. The van der Waals surface area contributed by atoms with E-state index in [1.165, 1.54) is 11.3 Å². The van der Waals surface area contributed by atoms with Crippen LogP contribution in [0, 0.1) is 6.92 Å². The molecule has 7 heteroatoms. The lowest BCUT2D eigenvalue weighted by Gasteiger charge is -2.32. The minimum absolute atomic E-state index is 0.231. The molecule has 0 aliphatic carbocycles. The van der Waals surface area contributed by atoms with Crippen molar-refractivity contribution in [2.24, 2.45) is 0 Å². The molecule has 2 heterocycles. The zero-order valence-electron chi connectivity index (χ0n) is 11.0. The summed E-state index contributed by atoms with van der Waals surface area (Å²) in [5.74, 6) is -0.231. The molecule has 106 valence electrons. The number of hydrogen-bond donors (Lipinski definition) is 0. The second-order valence-electron chi connectivity index (χ2n) is 4.21. The molecule has 1 fully saturated rings. The van der Waals surface area contributed by atoms with Crippen LogP contribution in [0.15, 0.2) is 3.92 Å². The molecule has 1 aromatic rings. The lowest BCUT2D eigenvalue weighted by atomic mass is 10.1. The number of halogens is 1. The summed E-state index contributed by atoms with van der Waals surface area (Å²) in [6.07, 6.45) is 0. The molecule has 19 heavy (non-hydrogen) atoms. The Morgan fingerprint density at radius 1 is 1.58 bits per heavy atom. The molecule has 1 unspecified atom stereocenters. The first-order valence-electron chi connectivity index (χ1n) is 6.24. The molecule has 1 aliphatic heterocycles. The van der Waals surface area contributed by atoms with Gasteiger partial charge in [0.05, 0.1) is 25.5 Å². The number of aromatic nitrogens is 1. The number of rotatable bonds is 4. The fourth-order valence-electron chi connectivity index (χ4n) is 2.12. The van der Waals surface area contributed by atoms with Crippen molar-refractivity contribution in [3.05, 3.63) is 14.5 Å². The molecule has 0 N–H and O–H groups in total. The second-order valence-corrected chi connectivity index (χ2v) is 6.69. The van der Waals surface area contributed by atoms with Gasteiger partial charge in [-0.15, -0.1) is 11.3 Å². The molecule has 1 atom stereocenters. The van der Waals surface area contributed by atoms with Crippen LogP contribution in [0.4, 0.5) is 0 Å². The Hall–Kier alpha value is -0.500. The van der Waals surface area contributed by atoms with Crippen LogP contribution in [0.2, 0.25) is 0 Å². The number of esters is 1. The third-order valence-corrected chi connectivity index (χ3v) is 4.42. The van der Waals surface area contributed by atoms with Crippen LogP contribution in [0.25, 0.3) is 0 Å². The van der Waals surface area contributed by atoms with Gasteiger partial charge in [-0.3, -0.25) is 4.90 Å². The van der Waals surface area contributed by atoms with E-state index in [0.29, 0.717) is 19.8 Å². The average molecular weight is 349 g/mol. The summed E-state index contributed by atoms with van der Waals surface area (Å²) < 4.78 is 11.3. The molecule has 0 radical (unpaired) electrons. The Morgan fingerprint density at radius 3 is 2.79 bits per heavy atom. The van der Waals surface area contributed by atoms with Gasteiger partial charge in [-0.05, 0) is 29.8 Å². The van der Waals surface area contributed by atoms with Crippen molar-refractivity contribution in [3.8, 4) is 0 Å². The van der Waals surface area contributed by atoms with Gasteiger partial charge in [-0.1, -0.05) is 0 Å². The smallest absolute Gasteiger partial charge is 0.329 e. The standard InChI is InChI=1S/C12H17BrN2O3S/c1-3-18-11(16)10(15-4-6-17-7-5-15)9-8(2)19-12(13)14-9/h10H,3-7H2,1-2H3. The quantitative estimate of drug-likeness (QED) is 0.780. The average Bonchev–Trinajstić information content (AvgIpc) is 2.70. The summed E-state index contributed by atoms with van der Waals surface area (Å²) in [7, 11) is 0. The van der Waals surface area contributed by atoms with Crippen LogP contribution in [0.3, 0.4) is 0 Å². The number of morpholine rings is 1. The Morgan fingerprint density at radius 2 is 2.26 bits per heavy atom. The maximum atomic E-state index is 12.2. The first-order valence-corrected chi connectivity index (χ1v) is 7.85. The zero-order chi connectivity index (χ0) is 13.8. The molecule has 0 saturated carbocycles. The van der Waals surface area contributed by atoms with Crippen LogP contribution in [0.5, 0.6) is 0 Å². The molecule has 0 aromatic carbocycles. The third-order valence-electron chi connectivity index (χ3n) is 2.99.